The average molecular weight is 572 g/mol. The van der Waals surface area contributed by atoms with Gasteiger partial charge < -0.3 is 29.8 Å². The third-order valence-corrected chi connectivity index (χ3v) is 8.06. The summed E-state index contributed by atoms with van der Waals surface area (Å²) in [6, 6.07) is 15.7. The number of anilines is 3. The highest BCUT2D eigenvalue weighted by molar-refractivity contribution is 6.07. The lowest BCUT2D eigenvalue weighted by Gasteiger charge is -2.38. The lowest BCUT2D eigenvalue weighted by atomic mass is 10.1. The van der Waals surface area contributed by atoms with Gasteiger partial charge in [0.05, 0.1) is 16.9 Å². The van der Waals surface area contributed by atoms with Crippen LogP contribution in [0.5, 0.6) is 0 Å². The fourth-order valence-electron chi connectivity index (χ4n) is 5.75. The van der Waals surface area contributed by atoms with E-state index in [9.17, 15) is 14.4 Å². The number of furan rings is 1. The molecule has 42 heavy (non-hydrogen) atoms. The van der Waals surface area contributed by atoms with Gasteiger partial charge in [-0.3, -0.25) is 14.4 Å². The number of nitrogens with zero attached hydrogens (tertiary/aromatic N) is 3. The van der Waals surface area contributed by atoms with Gasteiger partial charge in [0.1, 0.15) is 12.0 Å². The summed E-state index contributed by atoms with van der Waals surface area (Å²) in [7, 11) is 0. The van der Waals surface area contributed by atoms with Gasteiger partial charge in [0.25, 0.3) is 11.8 Å². The van der Waals surface area contributed by atoms with Crippen LogP contribution < -0.4 is 20.4 Å². The Bertz CT molecular complexity index is 1410. The Balaban J connectivity index is 1.29. The molecule has 222 valence electrons. The van der Waals surface area contributed by atoms with Crippen LogP contribution in [0.1, 0.15) is 64.6 Å². The number of hydrogen-bond donors (Lipinski definition) is 2. The highest BCUT2D eigenvalue weighted by Crippen LogP contribution is 2.30. The molecule has 9 nitrogen and oxygen atoms in total. The van der Waals surface area contributed by atoms with Crippen molar-refractivity contribution in [3.8, 4) is 0 Å². The molecule has 9 heteroatoms. The number of nitrogens with one attached hydrogen (secondary N) is 2. The third kappa shape index (κ3) is 6.95. The summed E-state index contributed by atoms with van der Waals surface area (Å²) in [5.41, 5.74) is 4.91. The summed E-state index contributed by atoms with van der Waals surface area (Å²) in [6.07, 6.45) is 5.41. The van der Waals surface area contributed by atoms with Gasteiger partial charge in [-0.15, -0.1) is 0 Å². The molecule has 5 rings (SSSR count). The Morgan fingerprint density at radius 1 is 0.905 bits per heavy atom. The first-order valence-corrected chi connectivity index (χ1v) is 15.1. The van der Waals surface area contributed by atoms with Crippen molar-refractivity contribution in [1.29, 1.82) is 0 Å². The molecule has 0 atom stereocenters. The van der Waals surface area contributed by atoms with Gasteiger partial charge in [-0.2, -0.15) is 0 Å². The van der Waals surface area contributed by atoms with E-state index in [1.165, 1.54) is 17.5 Å². The van der Waals surface area contributed by atoms with Crippen molar-refractivity contribution in [3.05, 3.63) is 77.2 Å². The van der Waals surface area contributed by atoms with Gasteiger partial charge in [-0.05, 0) is 62.1 Å². The maximum absolute atomic E-state index is 13.3. The minimum Gasteiger partial charge on any atom is -0.469 e. The van der Waals surface area contributed by atoms with Crippen molar-refractivity contribution >= 4 is 34.8 Å². The fraction of sp³-hybridized carbons (Fsp3) is 0.424. The molecule has 0 aliphatic carbocycles. The molecular weight excluding hydrogens is 530 g/mol. The first-order chi connectivity index (χ1) is 20.4. The minimum atomic E-state index is -0.270. The van der Waals surface area contributed by atoms with Crippen LogP contribution in [0, 0.1) is 6.92 Å². The van der Waals surface area contributed by atoms with Crippen molar-refractivity contribution < 1.29 is 18.8 Å². The predicted octanol–water partition coefficient (Wildman–Crippen LogP) is 4.86. The monoisotopic (exact) mass is 571 g/mol. The summed E-state index contributed by atoms with van der Waals surface area (Å²) in [5.74, 6) is 0.492. The Morgan fingerprint density at radius 3 is 2.38 bits per heavy atom. The van der Waals surface area contributed by atoms with Gasteiger partial charge in [0.2, 0.25) is 5.91 Å². The van der Waals surface area contributed by atoms with E-state index in [1.54, 1.807) is 12.1 Å². The smallest absolute Gasteiger partial charge is 0.258 e. The lowest BCUT2D eigenvalue weighted by Crippen LogP contribution is -2.47. The number of benzene rings is 2. The largest absolute Gasteiger partial charge is 0.469 e. The maximum atomic E-state index is 13.3. The number of carbonyl (C=O) groups excluding carboxylic acids is 3. The predicted molar refractivity (Wildman–Crippen MR) is 165 cm³/mol. The number of aryl methyl sites for hydroxylation is 2. The van der Waals surface area contributed by atoms with E-state index in [0.29, 0.717) is 42.7 Å². The first-order valence-electron chi connectivity index (χ1n) is 15.1. The molecule has 2 saturated heterocycles. The number of likely N-dealkylation sites (tertiary alicyclic amines) is 1. The van der Waals surface area contributed by atoms with Gasteiger partial charge in [0.15, 0.2) is 0 Å². The molecule has 0 radical (unpaired) electrons. The number of piperazine rings is 1. The number of carbonyl (C=O) groups is 3. The minimum absolute atomic E-state index is 0.191. The molecule has 2 aromatic carbocycles. The Morgan fingerprint density at radius 2 is 1.67 bits per heavy atom. The van der Waals surface area contributed by atoms with Crippen molar-refractivity contribution in [2.24, 2.45) is 0 Å². The van der Waals surface area contributed by atoms with E-state index in [2.05, 4.69) is 58.5 Å². The number of para-hydroxylation sites is 1. The summed E-state index contributed by atoms with van der Waals surface area (Å²) in [5, 5.41) is 6.03. The molecule has 2 aliphatic heterocycles. The normalized spacial score (nSPS) is 15.3. The lowest BCUT2D eigenvalue weighted by molar-refractivity contribution is -0.127. The Labute approximate surface area is 247 Å². The first kappa shape index (κ1) is 29.2. The van der Waals surface area contributed by atoms with Crippen LogP contribution in [0.3, 0.4) is 0 Å². The third-order valence-electron chi connectivity index (χ3n) is 8.06. The summed E-state index contributed by atoms with van der Waals surface area (Å²) in [4.78, 5) is 44.7. The topological polar surface area (TPSA) is 98.1 Å². The standard InChI is InChI=1S/C33H41N5O4/c1-3-8-27-21-26(23-42-27)33(41)35-28-22-25(32(40)34-14-7-16-38-15-6-11-31(38)39)12-13-30(28)37-19-17-36(18-20-37)29-10-5-4-9-24(29)2/h4-5,9-10,12-13,21-23H,3,6-8,11,14-20H2,1-2H3,(H,34,40)(H,35,41). The Kier molecular flexibility index (Phi) is 9.46. The van der Waals surface area contributed by atoms with E-state index < -0.39 is 0 Å². The summed E-state index contributed by atoms with van der Waals surface area (Å²) < 4.78 is 5.57. The van der Waals surface area contributed by atoms with Crippen LogP contribution in [-0.4, -0.2) is 68.4 Å². The molecule has 3 aromatic rings. The zero-order chi connectivity index (χ0) is 29.5. The van der Waals surface area contributed by atoms with Crippen LogP contribution >= 0.6 is 0 Å². The quantitative estimate of drug-likeness (QED) is 0.319. The number of rotatable bonds is 11. The molecule has 3 heterocycles. The molecule has 2 fully saturated rings. The van der Waals surface area contributed by atoms with E-state index in [0.717, 1.165) is 63.4 Å². The second-order valence-electron chi connectivity index (χ2n) is 11.1. The SMILES string of the molecule is CCCc1cc(C(=O)Nc2cc(C(=O)NCCCN3CCCC3=O)ccc2N2CCN(c3ccccc3C)CC2)co1. The molecule has 0 bridgehead atoms. The highest BCUT2D eigenvalue weighted by atomic mass is 16.3. The maximum Gasteiger partial charge on any atom is 0.258 e. The van der Waals surface area contributed by atoms with Crippen LogP contribution in [-0.2, 0) is 11.2 Å². The second-order valence-corrected chi connectivity index (χ2v) is 11.1. The van der Waals surface area contributed by atoms with Crippen molar-refractivity contribution in [3.63, 3.8) is 0 Å². The zero-order valence-corrected chi connectivity index (χ0v) is 24.7. The fourth-order valence-corrected chi connectivity index (χ4v) is 5.75. The van der Waals surface area contributed by atoms with Gasteiger partial charge >= 0.3 is 0 Å². The van der Waals surface area contributed by atoms with Crippen LogP contribution in [0.25, 0.3) is 0 Å². The Hall–Kier alpha value is -4.27. The van der Waals surface area contributed by atoms with Crippen molar-refractivity contribution in [2.45, 2.75) is 46.0 Å². The van der Waals surface area contributed by atoms with Crippen LogP contribution in [0.4, 0.5) is 17.1 Å². The van der Waals surface area contributed by atoms with Crippen molar-refractivity contribution in [1.82, 2.24) is 10.2 Å². The van der Waals surface area contributed by atoms with E-state index in [-0.39, 0.29) is 17.7 Å². The molecule has 1 aromatic heterocycles. The van der Waals surface area contributed by atoms with E-state index in [1.807, 2.05) is 17.0 Å². The van der Waals surface area contributed by atoms with Gasteiger partial charge in [-0.1, -0.05) is 25.1 Å². The average Bonchev–Trinajstić information content (AvgIpc) is 3.64. The molecular formula is C33H41N5O4. The van der Waals surface area contributed by atoms with E-state index in [4.69, 9.17) is 4.42 Å². The molecule has 0 spiro atoms. The molecule has 0 unspecified atom stereocenters. The molecule has 2 N–H and O–H groups in total. The zero-order valence-electron chi connectivity index (χ0n) is 24.7. The van der Waals surface area contributed by atoms with Crippen molar-refractivity contribution in [2.75, 3.05) is 60.9 Å². The highest BCUT2D eigenvalue weighted by Gasteiger charge is 2.23. The van der Waals surface area contributed by atoms with E-state index >= 15 is 0 Å². The van der Waals surface area contributed by atoms with Crippen LogP contribution in [0.15, 0.2) is 59.2 Å². The number of amides is 3. The molecule has 3 amide bonds. The molecule has 2 aliphatic rings. The van der Waals surface area contributed by atoms with Gasteiger partial charge in [-0.25, -0.2) is 0 Å². The second kappa shape index (κ2) is 13.6. The number of hydrogen-bond acceptors (Lipinski definition) is 6. The summed E-state index contributed by atoms with van der Waals surface area (Å²) >= 11 is 0. The molecule has 0 saturated carbocycles. The van der Waals surface area contributed by atoms with Crippen LogP contribution in [0.2, 0.25) is 0 Å². The summed E-state index contributed by atoms with van der Waals surface area (Å²) in [6.45, 7) is 9.38. The van der Waals surface area contributed by atoms with Gasteiger partial charge in [0, 0.05) is 69.9 Å².